The van der Waals surface area contributed by atoms with E-state index in [-0.39, 0.29) is 12.5 Å². The lowest BCUT2D eigenvalue weighted by Crippen LogP contribution is -2.32. The van der Waals surface area contributed by atoms with E-state index in [4.69, 9.17) is 30.0 Å². The maximum Gasteiger partial charge on any atom is 0.264 e. The van der Waals surface area contributed by atoms with Crippen LogP contribution in [0.15, 0.2) is 36.5 Å². The summed E-state index contributed by atoms with van der Waals surface area (Å²) < 4.78 is 34.9. The molecule has 34 heavy (non-hydrogen) atoms. The highest BCUT2D eigenvalue weighted by atomic mass is 35.5. The second kappa shape index (κ2) is 11.5. The fourth-order valence-corrected chi connectivity index (χ4v) is 5.93. The molecule has 0 N–H and O–H groups in total. The smallest absolute Gasteiger partial charge is 0.264 e. The molecule has 184 valence electrons. The van der Waals surface area contributed by atoms with Crippen LogP contribution in [0.4, 0.5) is 0 Å². The van der Waals surface area contributed by atoms with Crippen molar-refractivity contribution in [3.8, 4) is 0 Å². The molecule has 0 bridgehead atoms. The molecule has 1 fully saturated rings. The summed E-state index contributed by atoms with van der Waals surface area (Å²) >= 11 is 7.65. The third-order valence-corrected chi connectivity index (χ3v) is 7.86. The topological polar surface area (TPSA) is 78.0 Å². The number of allylic oxidation sites excluding steroid dienone is 1. The van der Waals surface area contributed by atoms with Gasteiger partial charge >= 0.3 is 0 Å². The van der Waals surface area contributed by atoms with Crippen LogP contribution < -0.4 is 0 Å². The molecule has 0 radical (unpaired) electrons. The van der Waals surface area contributed by atoms with Crippen molar-refractivity contribution in [2.75, 3.05) is 33.1 Å². The number of hydrogen-bond acceptors (Lipinski definition) is 8. The van der Waals surface area contributed by atoms with Crippen molar-refractivity contribution in [2.45, 2.75) is 31.6 Å². The van der Waals surface area contributed by atoms with Crippen LogP contribution in [0.25, 0.3) is 11.6 Å². The first-order valence-corrected chi connectivity index (χ1v) is 14.2. The number of nitrogens with zero attached hydrogens (tertiary/aromatic N) is 2. The van der Waals surface area contributed by atoms with E-state index >= 15 is 0 Å². The molecule has 2 heterocycles. The van der Waals surface area contributed by atoms with E-state index in [2.05, 4.69) is 22.5 Å². The van der Waals surface area contributed by atoms with Gasteiger partial charge in [-0.15, -0.1) is 4.33 Å². The van der Waals surface area contributed by atoms with Gasteiger partial charge in [-0.1, -0.05) is 29.8 Å². The van der Waals surface area contributed by atoms with Crippen LogP contribution in [0.1, 0.15) is 54.0 Å². The number of rotatable bonds is 9. The second-order valence-electron chi connectivity index (χ2n) is 8.56. The highest BCUT2D eigenvalue weighted by molar-refractivity contribution is 7.92. The van der Waals surface area contributed by atoms with Gasteiger partial charge in [0.25, 0.3) is 10.1 Å². The van der Waals surface area contributed by atoms with E-state index < -0.39 is 10.1 Å². The molecule has 4 rings (SSSR count). The highest BCUT2D eigenvalue weighted by Gasteiger charge is 2.34. The zero-order valence-corrected chi connectivity index (χ0v) is 21.7. The maximum absolute atomic E-state index is 11.4. The first kappa shape index (κ1) is 25.6. The molecule has 2 aromatic rings. The summed E-state index contributed by atoms with van der Waals surface area (Å²) in [6.45, 7) is 1.93. The first-order chi connectivity index (χ1) is 16.4. The normalized spacial score (nSPS) is 19.3. The Morgan fingerprint density at radius 1 is 1.24 bits per heavy atom. The van der Waals surface area contributed by atoms with Gasteiger partial charge in [-0.3, -0.25) is 9.17 Å². The Bertz CT molecular complexity index is 1130. The lowest BCUT2D eigenvalue weighted by molar-refractivity contribution is -0.163. The van der Waals surface area contributed by atoms with Crippen molar-refractivity contribution in [1.29, 1.82) is 0 Å². The van der Waals surface area contributed by atoms with Crippen LogP contribution >= 0.6 is 23.8 Å². The minimum absolute atomic E-state index is 0.139. The average molecular weight is 525 g/mol. The Morgan fingerprint density at radius 2 is 2.03 bits per heavy atom. The summed E-state index contributed by atoms with van der Waals surface area (Å²) in [4.78, 5) is 9.61. The molecule has 1 aromatic carbocycles. The van der Waals surface area contributed by atoms with Gasteiger partial charge in [0.1, 0.15) is 12.2 Å². The summed E-state index contributed by atoms with van der Waals surface area (Å²) in [6.07, 6.45) is 8.37. The van der Waals surface area contributed by atoms with Crippen molar-refractivity contribution < 1.29 is 21.8 Å². The number of halogens is 1. The van der Waals surface area contributed by atoms with Gasteiger partial charge in [-0.2, -0.15) is 8.42 Å². The van der Waals surface area contributed by atoms with Crippen LogP contribution in [0.2, 0.25) is 5.02 Å². The zero-order chi connectivity index (χ0) is 24.1. The molecule has 1 aromatic heterocycles. The highest BCUT2D eigenvalue weighted by Crippen LogP contribution is 2.45. The molecule has 1 unspecified atom stereocenters. The standard InChI is InChI=1S/C24H29ClN2O5S2/c1-30-32-33-27-12-9-17(10-13-27)23-21-8-7-20(25)16-19(21)15-18(5-4-14-31-34(2,28)29)22-6-3-11-26-24(22)23/h3,6-8,11,15-17,23H,4-5,9-10,12-14H2,1-2H3. The number of fused-ring (bicyclic) bond motifs is 2. The third-order valence-electron chi connectivity index (χ3n) is 6.25. The summed E-state index contributed by atoms with van der Waals surface area (Å²) in [5.41, 5.74) is 5.62. The Hall–Kier alpha value is -1.46. The van der Waals surface area contributed by atoms with Gasteiger partial charge in [0, 0.05) is 30.2 Å². The van der Waals surface area contributed by atoms with E-state index in [0.717, 1.165) is 54.6 Å². The number of hydrogen-bond donors (Lipinski definition) is 0. The fraction of sp³-hybridized carbons (Fsp3) is 0.458. The van der Waals surface area contributed by atoms with Gasteiger partial charge in [0.2, 0.25) is 0 Å². The molecule has 1 atom stereocenters. The SMILES string of the molecule is COOSN1CCC(C2c3ccc(Cl)cc3C=C(CCCOS(C)(=O)=O)c3cccnc32)CC1. The van der Waals surface area contributed by atoms with Gasteiger partial charge in [-0.05, 0) is 72.1 Å². The van der Waals surface area contributed by atoms with Crippen molar-refractivity contribution in [3.05, 3.63) is 63.9 Å². The lowest BCUT2D eigenvalue weighted by atomic mass is 9.76. The molecular formula is C24H29ClN2O5S2. The second-order valence-corrected chi connectivity index (χ2v) is 11.4. The Labute approximate surface area is 210 Å². The van der Waals surface area contributed by atoms with Gasteiger partial charge in [0.15, 0.2) is 0 Å². The quantitative estimate of drug-likeness (QED) is 0.109. The zero-order valence-electron chi connectivity index (χ0n) is 19.3. The van der Waals surface area contributed by atoms with E-state index in [1.54, 1.807) is 0 Å². The van der Waals surface area contributed by atoms with Crippen molar-refractivity contribution in [3.63, 3.8) is 0 Å². The molecule has 0 spiro atoms. The van der Waals surface area contributed by atoms with Crippen LogP contribution in [0.3, 0.4) is 0 Å². The molecule has 1 aliphatic heterocycles. The summed E-state index contributed by atoms with van der Waals surface area (Å²) in [5, 5.41) is 0.690. The predicted molar refractivity (Wildman–Crippen MR) is 135 cm³/mol. The molecular weight excluding hydrogens is 496 g/mol. The average Bonchev–Trinajstić information content (AvgIpc) is 2.94. The van der Waals surface area contributed by atoms with E-state index in [1.807, 2.05) is 24.4 Å². The van der Waals surface area contributed by atoms with Crippen molar-refractivity contribution in [2.24, 2.45) is 5.92 Å². The minimum Gasteiger partial charge on any atom is -0.270 e. The predicted octanol–water partition coefficient (Wildman–Crippen LogP) is 5.33. The molecule has 0 saturated carbocycles. The Kier molecular flexibility index (Phi) is 8.68. The fourth-order valence-electron chi connectivity index (χ4n) is 4.82. The summed E-state index contributed by atoms with van der Waals surface area (Å²) in [6, 6.07) is 10.2. The first-order valence-electron chi connectivity index (χ1n) is 11.3. The molecule has 7 nitrogen and oxygen atoms in total. The van der Waals surface area contributed by atoms with Crippen LogP contribution in [0, 0.1) is 5.92 Å². The summed E-state index contributed by atoms with van der Waals surface area (Å²) in [5.74, 6) is 0.550. The van der Waals surface area contributed by atoms with E-state index in [9.17, 15) is 8.42 Å². The Morgan fingerprint density at radius 3 is 2.76 bits per heavy atom. The minimum atomic E-state index is -3.45. The van der Waals surface area contributed by atoms with Crippen LogP contribution in [-0.2, 0) is 23.5 Å². The van der Waals surface area contributed by atoms with Gasteiger partial charge < -0.3 is 0 Å². The number of aromatic nitrogens is 1. The van der Waals surface area contributed by atoms with Crippen LogP contribution in [-0.4, -0.2) is 50.8 Å². The lowest BCUT2D eigenvalue weighted by Gasteiger charge is -2.35. The van der Waals surface area contributed by atoms with E-state index in [0.29, 0.717) is 23.8 Å². The number of pyridine rings is 1. The van der Waals surface area contributed by atoms with Crippen molar-refractivity contribution in [1.82, 2.24) is 9.29 Å². The molecule has 0 amide bonds. The largest absolute Gasteiger partial charge is 0.270 e. The number of piperidine rings is 1. The van der Waals surface area contributed by atoms with Crippen LogP contribution in [0.5, 0.6) is 0 Å². The molecule has 1 saturated heterocycles. The maximum atomic E-state index is 11.4. The van der Waals surface area contributed by atoms with Crippen molar-refractivity contribution >= 4 is 45.6 Å². The van der Waals surface area contributed by atoms with Gasteiger partial charge in [0.05, 0.1) is 25.7 Å². The monoisotopic (exact) mass is 524 g/mol. The Balaban J connectivity index is 1.64. The summed E-state index contributed by atoms with van der Waals surface area (Å²) in [7, 11) is -1.95. The molecule has 1 aliphatic carbocycles. The third kappa shape index (κ3) is 6.40. The number of benzene rings is 1. The van der Waals surface area contributed by atoms with E-state index in [1.165, 1.54) is 24.9 Å². The van der Waals surface area contributed by atoms with Gasteiger partial charge in [-0.25, -0.2) is 9.19 Å². The molecule has 2 aliphatic rings. The molecule has 10 heteroatoms.